The van der Waals surface area contributed by atoms with Gasteiger partial charge in [-0.3, -0.25) is 4.79 Å². The molecule has 8 nitrogen and oxygen atoms in total. The number of rotatable bonds is 7. The van der Waals surface area contributed by atoms with E-state index in [0.29, 0.717) is 50.9 Å². The third-order valence-corrected chi connectivity index (χ3v) is 6.42. The molecule has 0 radical (unpaired) electrons. The summed E-state index contributed by atoms with van der Waals surface area (Å²) in [7, 11) is 0. The van der Waals surface area contributed by atoms with Crippen molar-refractivity contribution in [1.82, 2.24) is 9.66 Å². The molecule has 2 aromatic heterocycles. The van der Waals surface area contributed by atoms with Crippen molar-refractivity contribution in [2.45, 2.75) is 6.92 Å². The Bertz CT molecular complexity index is 1770. The highest BCUT2D eigenvalue weighted by molar-refractivity contribution is 14.1. The molecule has 3 aromatic carbocycles. The monoisotopic (exact) mass is 624 g/mol. The van der Waals surface area contributed by atoms with E-state index in [1.165, 1.54) is 4.68 Å². The topological polar surface area (TPSA) is 103 Å². The van der Waals surface area contributed by atoms with Crippen LogP contribution in [0.5, 0.6) is 11.5 Å². The first-order chi connectivity index (χ1) is 18.0. The number of aromatic nitrogens is 2. The first-order valence-electron chi connectivity index (χ1n) is 11.2. The van der Waals surface area contributed by atoms with Gasteiger partial charge < -0.3 is 13.9 Å². The smallest absolute Gasteiger partial charge is 0.282 e. The SMILES string of the molecule is CCOc1cc(C=Nn2c(-c3cc4cc(Cl)ccc4o3)nc3ccccc3c2=O)cc(I)c1OCC#N. The molecule has 0 aliphatic rings. The fourth-order valence-electron chi connectivity index (χ4n) is 3.81. The van der Waals surface area contributed by atoms with Crippen LogP contribution in [0.4, 0.5) is 0 Å². The second kappa shape index (κ2) is 10.6. The summed E-state index contributed by atoms with van der Waals surface area (Å²) in [5, 5.41) is 15.2. The number of para-hydroxylation sites is 1. The molecule has 2 heterocycles. The number of nitrogens with zero attached hydrogens (tertiary/aromatic N) is 4. The lowest BCUT2D eigenvalue weighted by Gasteiger charge is -2.13. The molecule has 5 rings (SSSR count). The van der Waals surface area contributed by atoms with Gasteiger partial charge in [-0.15, -0.1) is 0 Å². The van der Waals surface area contributed by atoms with Crippen LogP contribution in [0.25, 0.3) is 33.5 Å². The molecule has 0 aliphatic heterocycles. The summed E-state index contributed by atoms with van der Waals surface area (Å²) in [4.78, 5) is 18.2. The Labute approximate surface area is 229 Å². The quantitative estimate of drug-likeness (QED) is 0.157. The van der Waals surface area contributed by atoms with Crippen LogP contribution >= 0.6 is 34.2 Å². The maximum Gasteiger partial charge on any atom is 0.282 e. The van der Waals surface area contributed by atoms with Crippen LogP contribution < -0.4 is 15.0 Å². The van der Waals surface area contributed by atoms with Crippen molar-refractivity contribution in [1.29, 1.82) is 5.26 Å². The summed E-state index contributed by atoms with van der Waals surface area (Å²) >= 11 is 8.25. The highest BCUT2D eigenvalue weighted by atomic mass is 127. The van der Waals surface area contributed by atoms with Crippen LogP contribution in [-0.2, 0) is 0 Å². The van der Waals surface area contributed by atoms with Gasteiger partial charge in [-0.2, -0.15) is 15.0 Å². The molecule has 37 heavy (non-hydrogen) atoms. The van der Waals surface area contributed by atoms with Gasteiger partial charge in [-0.05, 0) is 83.6 Å². The molecule has 0 atom stereocenters. The van der Waals surface area contributed by atoms with Crippen LogP contribution in [0.1, 0.15) is 12.5 Å². The van der Waals surface area contributed by atoms with Crippen molar-refractivity contribution >= 4 is 62.3 Å². The Morgan fingerprint density at radius 2 is 2.03 bits per heavy atom. The average molecular weight is 625 g/mol. The minimum absolute atomic E-state index is 0.103. The van der Waals surface area contributed by atoms with Crippen molar-refractivity contribution in [2.24, 2.45) is 5.10 Å². The number of furan rings is 1. The molecule has 0 N–H and O–H groups in total. The fraction of sp³-hybridized carbons (Fsp3) is 0.111. The summed E-state index contributed by atoms with van der Waals surface area (Å²) in [5.74, 6) is 1.58. The summed E-state index contributed by atoms with van der Waals surface area (Å²) < 4.78 is 19.2. The third kappa shape index (κ3) is 5.03. The molecule has 0 fully saturated rings. The van der Waals surface area contributed by atoms with Crippen molar-refractivity contribution in [3.63, 3.8) is 0 Å². The first-order valence-corrected chi connectivity index (χ1v) is 12.7. The molecule has 184 valence electrons. The molecule has 0 saturated heterocycles. The molecular formula is C27H18ClIN4O4. The molecule has 0 amide bonds. The number of ether oxygens (including phenoxy) is 2. The Morgan fingerprint density at radius 1 is 1.19 bits per heavy atom. The maximum atomic E-state index is 13.5. The van der Waals surface area contributed by atoms with E-state index in [-0.39, 0.29) is 18.0 Å². The summed E-state index contributed by atoms with van der Waals surface area (Å²) in [6, 6.07) is 19.6. The number of nitriles is 1. The van der Waals surface area contributed by atoms with Gasteiger partial charge in [-0.25, -0.2) is 4.98 Å². The summed E-state index contributed by atoms with van der Waals surface area (Å²) in [5.41, 5.74) is 1.46. The van der Waals surface area contributed by atoms with Gasteiger partial charge in [0, 0.05) is 10.4 Å². The van der Waals surface area contributed by atoms with Crippen molar-refractivity contribution in [3.8, 4) is 29.2 Å². The Morgan fingerprint density at radius 3 is 2.84 bits per heavy atom. The van der Waals surface area contributed by atoms with Crippen LogP contribution in [0, 0.1) is 14.9 Å². The second-order valence-electron chi connectivity index (χ2n) is 7.82. The zero-order valence-corrected chi connectivity index (χ0v) is 22.4. The molecule has 0 spiro atoms. The zero-order chi connectivity index (χ0) is 25.9. The first kappa shape index (κ1) is 24.8. The largest absolute Gasteiger partial charge is 0.490 e. The van der Waals surface area contributed by atoms with Crippen LogP contribution in [-0.4, -0.2) is 29.1 Å². The summed E-state index contributed by atoms with van der Waals surface area (Å²) in [6.07, 6.45) is 1.54. The highest BCUT2D eigenvalue weighted by Gasteiger charge is 2.17. The molecule has 10 heteroatoms. The van der Waals surface area contributed by atoms with Crippen LogP contribution in [0.3, 0.4) is 0 Å². The Balaban J connectivity index is 1.65. The lowest BCUT2D eigenvalue weighted by molar-refractivity contribution is 0.297. The predicted octanol–water partition coefficient (Wildman–Crippen LogP) is 6.25. The zero-order valence-electron chi connectivity index (χ0n) is 19.4. The van der Waals surface area contributed by atoms with Crippen molar-refractivity contribution in [2.75, 3.05) is 13.2 Å². The lowest BCUT2D eigenvalue weighted by atomic mass is 10.2. The van der Waals surface area contributed by atoms with Crippen molar-refractivity contribution in [3.05, 3.63) is 85.2 Å². The Hall–Kier alpha value is -3.88. The average Bonchev–Trinajstić information content (AvgIpc) is 3.31. The molecule has 0 aliphatic carbocycles. The minimum Gasteiger partial charge on any atom is -0.490 e. The molecule has 0 unspecified atom stereocenters. The number of benzene rings is 3. The van der Waals surface area contributed by atoms with Crippen LogP contribution in [0.15, 0.2) is 75.0 Å². The molecular weight excluding hydrogens is 607 g/mol. The lowest BCUT2D eigenvalue weighted by Crippen LogP contribution is -2.20. The van der Waals surface area contributed by atoms with Gasteiger partial charge in [0.25, 0.3) is 5.56 Å². The third-order valence-electron chi connectivity index (χ3n) is 5.39. The van der Waals surface area contributed by atoms with E-state index < -0.39 is 0 Å². The van der Waals surface area contributed by atoms with E-state index in [9.17, 15) is 4.79 Å². The normalized spacial score (nSPS) is 11.3. The molecule has 0 saturated carbocycles. The molecule has 0 bridgehead atoms. The van der Waals surface area contributed by atoms with E-state index in [4.69, 9.17) is 35.7 Å². The van der Waals surface area contributed by atoms with E-state index in [1.54, 1.807) is 54.7 Å². The number of fused-ring (bicyclic) bond motifs is 2. The van der Waals surface area contributed by atoms with Crippen molar-refractivity contribution < 1.29 is 13.9 Å². The van der Waals surface area contributed by atoms with E-state index >= 15 is 0 Å². The fourth-order valence-corrected chi connectivity index (χ4v) is 4.77. The van der Waals surface area contributed by atoms with Gasteiger partial charge in [-0.1, -0.05) is 23.7 Å². The summed E-state index contributed by atoms with van der Waals surface area (Å²) in [6.45, 7) is 2.16. The van der Waals surface area contributed by atoms with Gasteiger partial charge in [0.2, 0.25) is 5.82 Å². The number of hydrogen-bond acceptors (Lipinski definition) is 7. The van der Waals surface area contributed by atoms with Gasteiger partial charge in [0.05, 0.1) is 27.3 Å². The van der Waals surface area contributed by atoms with Gasteiger partial charge in [0.15, 0.2) is 23.9 Å². The molecule has 5 aromatic rings. The maximum absolute atomic E-state index is 13.5. The number of hydrogen-bond donors (Lipinski definition) is 0. The standard InChI is InChI=1S/C27H18ClIN4O4/c1-2-35-23-12-16(11-20(29)25(23)36-10-9-30)15-31-33-26(32-21-6-4-3-5-19(21)27(33)34)24-14-17-13-18(28)7-8-22(17)37-24/h3-8,11-15H,2,10H2,1H3. The van der Waals surface area contributed by atoms with E-state index in [0.717, 1.165) is 8.96 Å². The predicted molar refractivity (Wildman–Crippen MR) is 151 cm³/mol. The van der Waals surface area contributed by atoms with E-state index in [2.05, 4.69) is 27.7 Å². The van der Waals surface area contributed by atoms with Gasteiger partial charge >= 0.3 is 0 Å². The minimum atomic E-state index is -0.343. The number of halogens is 2. The van der Waals surface area contributed by atoms with Crippen LogP contribution in [0.2, 0.25) is 5.02 Å². The van der Waals surface area contributed by atoms with E-state index in [1.807, 2.05) is 25.1 Å². The second-order valence-corrected chi connectivity index (χ2v) is 9.42. The highest BCUT2D eigenvalue weighted by Crippen LogP contribution is 2.34. The van der Waals surface area contributed by atoms with Gasteiger partial charge in [0.1, 0.15) is 11.7 Å². The Kier molecular flexibility index (Phi) is 7.12.